The molecule has 0 unspecified atom stereocenters. The molecule has 6 nitrogen and oxygen atoms in total. The molecule has 1 aromatic carbocycles. The van der Waals surface area contributed by atoms with Gasteiger partial charge >= 0.3 is 6.03 Å². The van der Waals surface area contributed by atoms with Gasteiger partial charge in [0.2, 0.25) is 13.3 Å². The van der Waals surface area contributed by atoms with Gasteiger partial charge in [0.25, 0.3) is 0 Å². The summed E-state index contributed by atoms with van der Waals surface area (Å²) in [4.78, 5) is 30.2. The first-order valence-electron chi connectivity index (χ1n) is 11.6. The van der Waals surface area contributed by atoms with Crippen LogP contribution in [-0.4, -0.2) is 68.3 Å². The molecule has 0 bridgehead atoms. The Morgan fingerprint density at radius 1 is 0.967 bits per heavy atom. The molecule has 30 heavy (non-hydrogen) atoms. The summed E-state index contributed by atoms with van der Waals surface area (Å²) in [6, 6.07) is 7.92. The lowest BCUT2D eigenvalue weighted by Crippen LogP contribution is -2.50. The summed E-state index contributed by atoms with van der Waals surface area (Å²) in [5.74, 6) is 0.570. The molecule has 0 aromatic heterocycles. The van der Waals surface area contributed by atoms with Crippen molar-refractivity contribution < 1.29 is 9.59 Å². The smallest absolute Gasteiger partial charge is 0.328 e. The standard InChI is InChI=1S/C23H35BN4O2/c1-18(2)17-26-13-8-23(9-14-26)10-15-27(16-11-23)24-19-3-5-20(6-4-19)28-12-7-21(29)25-22(28)30/h3-6,18,24H,7-17H2,1-2H3,(H,25,29,30). The molecule has 3 aliphatic heterocycles. The number of urea groups is 1. The van der Waals surface area contributed by atoms with Crippen LogP contribution in [0.4, 0.5) is 10.5 Å². The van der Waals surface area contributed by atoms with Gasteiger partial charge in [-0.15, -0.1) is 0 Å². The zero-order valence-corrected chi connectivity index (χ0v) is 18.5. The topological polar surface area (TPSA) is 55.9 Å². The van der Waals surface area contributed by atoms with Gasteiger partial charge in [0.1, 0.15) is 0 Å². The Labute approximate surface area is 181 Å². The third kappa shape index (κ3) is 5.06. The van der Waals surface area contributed by atoms with Crippen molar-refractivity contribution in [2.75, 3.05) is 44.2 Å². The number of piperidine rings is 2. The van der Waals surface area contributed by atoms with Gasteiger partial charge in [-0.25, -0.2) is 4.79 Å². The molecule has 3 aliphatic rings. The molecule has 1 spiro atoms. The van der Waals surface area contributed by atoms with Gasteiger partial charge in [-0.05, 0) is 75.3 Å². The van der Waals surface area contributed by atoms with Gasteiger partial charge in [-0.1, -0.05) is 31.4 Å². The zero-order chi connectivity index (χ0) is 21.1. The van der Waals surface area contributed by atoms with Gasteiger partial charge in [0.05, 0.1) is 0 Å². The molecule has 3 saturated heterocycles. The molecule has 1 aromatic rings. The minimum Gasteiger partial charge on any atom is -0.341 e. The van der Waals surface area contributed by atoms with E-state index in [1.54, 1.807) is 4.90 Å². The number of hydrogen-bond donors (Lipinski definition) is 1. The molecule has 3 amide bonds. The number of rotatable bonds is 5. The molecule has 3 heterocycles. The highest BCUT2D eigenvalue weighted by Crippen LogP contribution is 2.41. The minimum absolute atomic E-state index is 0.193. The summed E-state index contributed by atoms with van der Waals surface area (Å²) in [5.41, 5.74) is 2.72. The number of carbonyl (C=O) groups is 2. The number of imide groups is 1. The van der Waals surface area contributed by atoms with E-state index in [2.05, 4.69) is 41.0 Å². The van der Waals surface area contributed by atoms with E-state index in [0.29, 0.717) is 18.4 Å². The third-order valence-corrected chi connectivity index (χ3v) is 7.16. The number of benzene rings is 1. The van der Waals surface area contributed by atoms with Gasteiger partial charge in [0.15, 0.2) is 0 Å². The number of nitrogens with zero attached hydrogens (tertiary/aromatic N) is 3. The lowest BCUT2D eigenvalue weighted by Gasteiger charge is -2.47. The molecule has 0 saturated carbocycles. The molecular weight excluding hydrogens is 375 g/mol. The lowest BCUT2D eigenvalue weighted by molar-refractivity contribution is -0.120. The van der Waals surface area contributed by atoms with E-state index in [1.807, 2.05) is 12.1 Å². The number of likely N-dealkylation sites (tertiary alicyclic amines) is 1. The van der Waals surface area contributed by atoms with Crippen LogP contribution in [0.5, 0.6) is 0 Å². The molecule has 0 atom stereocenters. The van der Waals surface area contributed by atoms with E-state index in [9.17, 15) is 9.59 Å². The Hall–Kier alpha value is -1.86. The van der Waals surface area contributed by atoms with E-state index >= 15 is 0 Å². The summed E-state index contributed by atoms with van der Waals surface area (Å²) in [6.45, 7) is 11.2. The molecule has 7 heteroatoms. The number of anilines is 1. The Morgan fingerprint density at radius 3 is 2.20 bits per heavy atom. The fraction of sp³-hybridized carbons (Fsp3) is 0.652. The number of hydrogen-bond acceptors (Lipinski definition) is 4. The van der Waals surface area contributed by atoms with Crippen molar-refractivity contribution in [2.45, 2.75) is 46.0 Å². The van der Waals surface area contributed by atoms with Crippen LogP contribution in [0.2, 0.25) is 0 Å². The van der Waals surface area contributed by atoms with Crippen LogP contribution in [-0.2, 0) is 4.79 Å². The van der Waals surface area contributed by atoms with Gasteiger partial charge in [-0.3, -0.25) is 15.0 Å². The van der Waals surface area contributed by atoms with E-state index < -0.39 is 0 Å². The van der Waals surface area contributed by atoms with Crippen molar-refractivity contribution in [3.63, 3.8) is 0 Å². The van der Waals surface area contributed by atoms with E-state index in [0.717, 1.165) is 19.0 Å². The Bertz CT molecular complexity index is 749. The molecule has 3 fully saturated rings. The second kappa shape index (κ2) is 9.10. The largest absolute Gasteiger partial charge is 0.341 e. The average molecular weight is 410 g/mol. The Balaban J connectivity index is 1.25. The normalized spacial score (nSPS) is 23.1. The number of nitrogens with one attached hydrogen (secondary N) is 1. The van der Waals surface area contributed by atoms with Crippen molar-refractivity contribution in [2.24, 2.45) is 11.3 Å². The highest BCUT2D eigenvalue weighted by Gasteiger charge is 2.37. The zero-order valence-electron chi connectivity index (χ0n) is 18.5. The molecule has 0 radical (unpaired) electrons. The molecular formula is C23H35BN4O2. The molecule has 162 valence electrons. The lowest BCUT2D eigenvalue weighted by atomic mass is 9.68. The maximum Gasteiger partial charge on any atom is 0.328 e. The quantitative estimate of drug-likeness (QED) is 0.754. The number of carbonyl (C=O) groups excluding carboxylic acids is 2. The Morgan fingerprint density at radius 2 is 1.60 bits per heavy atom. The fourth-order valence-corrected chi connectivity index (χ4v) is 5.26. The maximum absolute atomic E-state index is 12.0. The maximum atomic E-state index is 12.0. The van der Waals surface area contributed by atoms with Gasteiger partial charge < -0.3 is 9.71 Å². The predicted octanol–water partition coefficient (Wildman–Crippen LogP) is 1.94. The van der Waals surface area contributed by atoms with Crippen LogP contribution in [0.3, 0.4) is 0 Å². The first kappa shape index (κ1) is 21.4. The van der Waals surface area contributed by atoms with Crippen molar-refractivity contribution in [3.05, 3.63) is 24.3 Å². The van der Waals surface area contributed by atoms with Crippen LogP contribution >= 0.6 is 0 Å². The summed E-state index contributed by atoms with van der Waals surface area (Å²) in [6.07, 6.45) is 5.73. The summed E-state index contributed by atoms with van der Waals surface area (Å²) in [5, 5.41) is 2.38. The monoisotopic (exact) mass is 410 g/mol. The van der Waals surface area contributed by atoms with Crippen LogP contribution in [0.15, 0.2) is 24.3 Å². The SMILES string of the molecule is CC(C)CN1CCC2(CCN(Bc3ccc(N4CCC(=O)NC4=O)cc3)CC2)CC1. The second-order valence-corrected chi connectivity index (χ2v) is 9.89. The Kier molecular flexibility index (Phi) is 6.49. The van der Waals surface area contributed by atoms with Crippen molar-refractivity contribution in [1.82, 2.24) is 15.0 Å². The van der Waals surface area contributed by atoms with Crippen molar-refractivity contribution in [1.29, 1.82) is 0 Å². The summed E-state index contributed by atoms with van der Waals surface area (Å²) in [7, 11) is 0.973. The van der Waals surface area contributed by atoms with Crippen LogP contribution in [0, 0.1) is 11.3 Å². The molecule has 1 N–H and O–H groups in total. The van der Waals surface area contributed by atoms with E-state index in [-0.39, 0.29) is 11.9 Å². The van der Waals surface area contributed by atoms with Crippen LogP contribution in [0.25, 0.3) is 0 Å². The molecule has 4 rings (SSSR count). The fourth-order valence-electron chi connectivity index (χ4n) is 5.26. The first-order chi connectivity index (χ1) is 14.4. The van der Waals surface area contributed by atoms with Gasteiger partial charge in [-0.2, -0.15) is 0 Å². The second-order valence-electron chi connectivity index (χ2n) is 9.89. The van der Waals surface area contributed by atoms with Gasteiger partial charge in [0, 0.05) is 25.2 Å². The van der Waals surface area contributed by atoms with Crippen molar-refractivity contribution in [3.8, 4) is 0 Å². The average Bonchev–Trinajstić information content (AvgIpc) is 2.72. The minimum atomic E-state index is -0.320. The number of amides is 3. The molecule has 0 aliphatic carbocycles. The summed E-state index contributed by atoms with van der Waals surface area (Å²) < 4.78 is 0. The van der Waals surface area contributed by atoms with E-state index in [1.165, 1.54) is 63.9 Å². The highest BCUT2D eigenvalue weighted by atomic mass is 16.2. The van der Waals surface area contributed by atoms with Crippen molar-refractivity contribution >= 4 is 30.5 Å². The van der Waals surface area contributed by atoms with E-state index in [4.69, 9.17) is 0 Å². The highest BCUT2D eigenvalue weighted by molar-refractivity contribution is 6.50. The van der Waals surface area contributed by atoms with Crippen LogP contribution in [0.1, 0.15) is 46.0 Å². The third-order valence-electron chi connectivity index (χ3n) is 7.16. The predicted molar refractivity (Wildman–Crippen MR) is 122 cm³/mol. The first-order valence-corrected chi connectivity index (χ1v) is 11.6. The van der Waals surface area contributed by atoms with Crippen LogP contribution < -0.4 is 15.7 Å². The summed E-state index contributed by atoms with van der Waals surface area (Å²) >= 11 is 0.